The molecule has 0 fully saturated rings. The first-order chi connectivity index (χ1) is 12.7. The Balaban J connectivity index is 2.32. The van der Waals surface area contributed by atoms with Crippen LogP contribution in [0, 0.1) is 15.5 Å². The number of halogens is 1. The summed E-state index contributed by atoms with van der Waals surface area (Å²) in [6.07, 6.45) is 3.42. The first kappa shape index (κ1) is 21.6. The number of nitrogens with one attached hydrogen (secondary N) is 2. The van der Waals surface area contributed by atoms with E-state index in [9.17, 15) is 14.9 Å². The molecule has 2 rings (SSSR count). The van der Waals surface area contributed by atoms with Crippen LogP contribution < -0.4 is 5.09 Å². The predicted molar refractivity (Wildman–Crippen MR) is 117 cm³/mol. The van der Waals surface area contributed by atoms with Crippen molar-refractivity contribution >= 4 is 57.7 Å². The Hall–Kier alpha value is -1.74. The topological polar surface area (TPSA) is 109 Å². The summed E-state index contributed by atoms with van der Waals surface area (Å²) in [7, 11) is 0. The third-order valence-electron chi connectivity index (χ3n) is 3.91. The van der Waals surface area contributed by atoms with Crippen molar-refractivity contribution in [3.05, 3.63) is 39.4 Å². The molecule has 1 atom stereocenters. The summed E-state index contributed by atoms with van der Waals surface area (Å²) in [6.45, 7) is 6.21. The van der Waals surface area contributed by atoms with E-state index in [1.807, 2.05) is 26.8 Å². The van der Waals surface area contributed by atoms with Crippen LogP contribution in [0.3, 0.4) is 0 Å². The second-order valence-corrected chi connectivity index (χ2v) is 9.04. The molecule has 1 aliphatic heterocycles. The molecule has 146 valence electrons. The minimum Gasteiger partial charge on any atom is -0.444 e. The van der Waals surface area contributed by atoms with E-state index >= 15 is 0 Å². The Morgan fingerprint density at radius 1 is 1.48 bits per heavy atom. The van der Waals surface area contributed by atoms with Crippen LogP contribution >= 0.6 is 28.4 Å². The van der Waals surface area contributed by atoms with Gasteiger partial charge in [-0.1, -0.05) is 6.08 Å². The predicted octanol–water partition coefficient (Wildman–Crippen LogP) is 4.97. The normalized spacial score (nSPS) is 14.8. The molecule has 1 aliphatic rings. The molecule has 0 radical (unpaired) electrons. The number of anilines is 1. The van der Waals surface area contributed by atoms with Gasteiger partial charge in [0, 0.05) is 43.0 Å². The molecule has 8 nitrogen and oxygen atoms in total. The molecule has 1 aromatic carbocycles. The van der Waals surface area contributed by atoms with E-state index in [2.05, 4.69) is 27.1 Å². The fourth-order valence-electron chi connectivity index (χ4n) is 2.70. The molecule has 0 saturated heterocycles. The Morgan fingerprint density at radius 2 is 2.19 bits per heavy atom. The molecule has 0 aromatic heterocycles. The molecule has 1 aromatic rings. The molecule has 1 heterocycles. The number of rotatable bonds is 5. The number of carbonyl (C=O) groups is 1. The molecule has 10 heteroatoms. The third kappa shape index (κ3) is 5.62. The van der Waals surface area contributed by atoms with Gasteiger partial charge in [-0.05, 0) is 60.9 Å². The highest BCUT2D eigenvalue weighted by Gasteiger charge is 2.27. The molecule has 1 unspecified atom stereocenters. The SMILES string of the molecule is CC(C)(C)OC(=O)N1CC=C(c2cc(NPI)c(C=N)cc2[N+](=O)[O-])CC1. The first-order valence-electron chi connectivity index (χ1n) is 8.28. The van der Waals surface area contributed by atoms with Gasteiger partial charge in [-0.25, -0.2) is 4.79 Å². The van der Waals surface area contributed by atoms with Crippen LogP contribution in [0.5, 0.6) is 0 Å². The molecule has 1 amide bonds. The van der Waals surface area contributed by atoms with Crippen molar-refractivity contribution in [1.82, 2.24) is 4.90 Å². The van der Waals surface area contributed by atoms with Crippen molar-refractivity contribution in [2.75, 3.05) is 18.2 Å². The maximum absolute atomic E-state index is 12.2. The van der Waals surface area contributed by atoms with Gasteiger partial charge in [-0.15, -0.1) is 0 Å². The first-order valence-corrected chi connectivity index (χ1v) is 12.4. The van der Waals surface area contributed by atoms with Crippen LogP contribution in [-0.4, -0.2) is 40.8 Å². The average Bonchev–Trinajstić information content (AvgIpc) is 2.60. The van der Waals surface area contributed by atoms with E-state index < -0.39 is 10.5 Å². The summed E-state index contributed by atoms with van der Waals surface area (Å²) in [5.41, 5.74) is 1.90. The summed E-state index contributed by atoms with van der Waals surface area (Å²) in [5.74, 6) is 0. The van der Waals surface area contributed by atoms with Crippen molar-refractivity contribution in [3.63, 3.8) is 0 Å². The second-order valence-electron chi connectivity index (χ2n) is 6.98. The largest absolute Gasteiger partial charge is 0.444 e. The standard InChI is InChI=1S/C17H22IN4O4P/c1-17(2,3)26-16(23)21-6-4-11(5-7-21)13-9-14(20-27-18)12(10-19)8-15(13)22(24)25/h4,8-10,19-20,27H,5-7H2,1-3H3. The molecule has 0 saturated carbocycles. The zero-order valence-corrected chi connectivity index (χ0v) is 18.5. The zero-order chi connectivity index (χ0) is 20.2. The Morgan fingerprint density at radius 3 is 2.67 bits per heavy atom. The summed E-state index contributed by atoms with van der Waals surface area (Å²) in [4.78, 5) is 24.9. The third-order valence-corrected chi connectivity index (χ3v) is 5.08. The van der Waals surface area contributed by atoms with Crippen LogP contribution in [0.4, 0.5) is 16.2 Å². The van der Waals surface area contributed by atoms with E-state index in [0.717, 1.165) is 11.8 Å². The maximum atomic E-state index is 12.2. The van der Waals surface area contributed by atoms with Gasteiger partial charge >= 0.3 is 6.09 Å². The van der Waals surface area contributed by atoms with E-state index in [4.69, 9.17) is 10.1 Å². The van der Waals surface area contributed by atoms with E-state index in [1.54, 1.807) is 11.0 Å². The van der Waals surface area contributed by atoms with Gasteiger partial charge < -0.3 is 20.1 Å². The lowest BCUT2D eigenvalue weighted by Crippen LogP contribution is -2.39. The lowest BCUT2D eigenvalue weighted by atomic mass is 9.96. The van der Waals surface area contributed by atoms with Crippen molar-refractivity contribution in [2.45, 2.75) is 32.8 Å². The Labute approximate surface area is 172 Å². The van der Waals surface area contributed by atoms with Crippen LogP contribution in [-0.2, 0) is 4.74 Å². The van der Waals surface area contributed by atoms with Crippen LogP contribution in [0.15, 0.2) is 18.2 Å². The van der Waals surface area contributed by atoms with E-state index in [1.165, 1.54) is 6.07 Å². The van der Waals surface area contributed by atoms with Crippen LogP contribution in [0.25, 0.3) is 5.57 Å². The quantitative estimate of drug-likeness (QED) is 0.194. The van der Waals surface area contributed by atoms with Gasteiger partial charge in [0.1, 0.15) is 5.60 Å². The smallest absolute Gasteiger partial charge is 0.410 e. The summed E-state index contributed by atoms with van der Waals surface area (Å²) >= 11 is 2.17. The number of ether oxygens (including phenoxy) is 1. The number of nitro groups is 1. The molecule has 2 N–H and O–H groups in total. The second kappa shape index (κ2) is 8.97. The lowest BCUT2D eigenvalue weighted by molar-refractivity contribution is -0.385. The number of hydrogen-bond acceptors (Lipinski definition) is 6. The zero-order valence-electron chi connectivity index (χ0n) is 15.3. The van der Waals surface area contributed by atoms with Crippen molar-refractivity contribution in [1.29, 1.82) is 5.41 Å². The number of benzene rings is 1. The highest BCUT2D eigenvalue weighted by atomic mass is 127. The summed E-state index contributed by atoms with van der Waals surface area (Å²) in [5, 5.41) is 22.2. The van der Waals surface area contributed by atoms with Crippen molar-refractivity contribution in [2.24, 2.45) is 0 Å². The molecule has 27 heavy (non-hydrogen) atoms. The van der Waals surface area contributed by atoms with Gasteiger partial charge in [-0.2, -0.15) is 0 Å². The average molecular weight is 504 g/mol. The van der Waals surface area contributed by atoms with Gasteiger partial charge in [-0.3, -0.25) is 10.1 Å². The van der Waals surface area contributed by atoms with E-state index in [0.29, 0.717) is 42.7 Å². The van der Waals surface area contributed by atoms with Crippen molar-refractivity contribution in [3.8, 4) is 0 Å². The number of amides is 1. The molecule has 0 spiro atoms. The molecular formula is C17H22IN4O4P. The van der Waals surface area contributed by atoms with Crippen molar-refractivity contribution < 1.29 is 14.5 Å². The number of carbonyl (C=O) groups excluding carboxylic acids is 1. The minimum atomic E-state index is -0.566. The highest BCUT2D eigenvalue weighted by molar-refractivity contribution is 14.2. The van der Waals surface area contributed by atoms with Gasteiger partial charge in [0.2, 0.25) is 0 Å². The summed E-state index contributed by atoms with van der Waals surface area (Å²) < 4.78 is 5.38. The highest BCUT2D eigenvalue weighted by Crippen LogP contribution is 2.36. The monoisotopic (exact) mass is 504 g/mol. The molecular weight excluding hydrogens is 482 g/mol. The maximum Gasteiger partial charge on any atom is 0.410 e. The van der Waals surface area contributed by atoms with Crippen LogP contribution in [0.1, 0.15) is 38.3 Å². The number of nitrogens with zero attached hydrogens (tertiary/aromatic N) is 2. The number of hydrogen-bond donors (Lipinski definition) is 2. The summed E-state index contributed by atoms with van der Waals surface area (Å²) in [6, 6.07) is 3.14. The fourth-order valence-corrected chi connectivity index (χ4v) is 3.89. The minimum absolute atomic E-state index is 0.0344. The van der Waals surface area contributed by atoms with Crippen LogP contribution in [0.2, 0.25) is 0 Å². The van der Waals surface area contributed by atoms with Gasteiger partial charge in [0.05, 0.1) is 10.5 Å². The van der Waals surface area contributed by atoms with E-state index in [-0.39, 0.29) is 11.8 Å². The van der Waals surface area contributed by atoms with Gasteiger partial charge in [0.25, 0.3) is 5.69 Å². The Bertz CT molecular complexity index is 792. The number of nitro benzene ring substituents is 1. The fraction of sp³-hybridized carbons (Fsp3) is 0.412. The molecule has 0 bridgehead atoms. The molecule has 0 aliphatic carbocycles. The lowest BCUT2D eigenvalue weighted by Gasteiger charge is -2.29. The Kier molecular flexibility index (Phi) is 7.16. The van der Waals surface area contributed by atoms with Gasteiger partial charge in [0.15, 0.2) is 0 Å².